The Morgan fingerprint density at radius 1 is 1.15 bits per heavy atom. The first-order valence-corrected chi connectivity index (χ1v) is 12.5. The first kappa shape index (κ1) is 21.0. The van der Waals surface area contributed by atoms with Gasteiger partial charge in [0.05, 0.1) is 18.3 Å². The van der Waals surface area contributed by atoms with Crippen molar-refractivity contribution in [1.29, 1.82) is 0 Å². The van der Waals surface area contributed by atoms with Gasteiger partial charge in [0.2, 0.25) is 0 Å². The van der Waals surface area contributed by atoms with Crippen LogP contribution in [-0.4, -0.2) is 32.7 Å². The molecule has 146 valence electrons. The van der Waals surface area contributed by atoms with Gasteiger partial charge in [-0.3, -0.25) is 4.90 Å². The van der Waals surface area contributed by atoms with E-state index in [1.165, 1.54) is 5.56 Å². The van der Waals surface area contributed by atoms with Gasteiger partial charge >= 0.3 is 6.09 Å². The van der Waals surface area contributed by atoms with Crippen LogP contribution < -0.4 is 4.90 Å². The van der Waals surface area contributed by atoms with E-state index >= 15 is 0 Å². The molecule has 1 aromatic carbocycles. The maximum Gasteiger partial charge on any atom is 0.415 e. The highest BCUT2D eigenvalue weighted by atomic mass is 28.4. The van der Waals surface area contributed by atoms with Crippen LogP contribution in [-0.2, 0) is 15.6 Å². The predicted molar refractivity (Wildman–Crippen MR) is 110 cm³/mol. The van der Waals surface area contributed by atoms with Crippen molar-refractivity contribution in [2.45, 2.75) is 84.2 Å². The Labute approximate surface area is 160 Å². The van der Waals surface area contributed by atoms with Crippen LogP contribution >= 0.6 is 0 Å². The van der Waals surface area contributed by atoms with E-state index in [9.17, 15) is 4.79 Å². The van der Waals surface area contributed by atoms with Gasteiger partial charge in [-0.2, -0.15) is 0 Å². The van der Waals surface area contributed by atoms with Gasteiger partial charge in [0, 0.05) is 0 Å². The molecule has 1 aromatic rings. The second kappa shape index (κ2) is 7.35. The van der Waals surface area contributed by atoms with Gasteiger partial charge in [-0.05, 0) is 63.4 Å². The largest absolute Gasteiger partial charge is 0.443 e. The van der Waals surface area contributed by atoms with E-state index in [1.807, 2.05) is 43.9 Å². The lowest BCUT2D eigenvalue weighted by molar-refractivity contribution is 0.0546. The number of ether oxygens (including phenoxy) is 1. The van der Waals surface area contributed by atoms with Crippen LogP contribution in [0.15, 0.2) is 24.3 Å². The Balaban J connectivity index is 2.26. The Morgan fingerprint density at radius 3 is 2.35 bits per heavy atom. The molecule has 1 atom stereocenters. The molecule has 0 saturated heterocycles. The Bertz CT molecular complexity index is 643. The molecule has 0 aromatic heterocycles. The summed E-state index contributed by atoms with van der Waals surface area (Å²) >= 11 is 0. The van der Waals surface area contributed by atoms with Crippen LogP contribution in [0.25, 0.3) is 0 Å². The fourth-order valence-corrected chi connectivity index (χ4v) is 3.88. The van der Waals surface area contributed by atoms with Crippen molar-refractivity contribution >= 4 is 20.1 Å². The summed E-state index contributed by atoms with van der Waals surface area (Å²) in [7, 11) is -1.87. The summed E-state index contributed by atoms with van der Waals surface area (Å²) in [4.78, 5) is 14.8. The van der Waals surface area contributed by atoms with Crippen LogP contribution in [0.5, 0.6) is 0 Å². The highest BCUT2D eigenvalue weighted by molar-refractivity contribution is 6.74. The van der Waals surface area contributed by atoms with Gasteiger partial charge in [-0.15, -0.1) is 0 Å². The number of carbonyl (C=O) groups excluding carboxylic acids is 1. The zero-order chi connectivity index (χ0) is 19.8. The molecule has 1 amide bonds. The normalized spacial score (nSPS) is 18.5. The molecule has 0 saturated carbocycles. The van der Waals surface area contributed by atoms with Crippen molar-refractivity contribution in [1.82, 2.24) is 0 Å². The SMILES string of the molecule is CC(C)(C)OC(=O)N1c2ccccc2CCC1CO[Si](C)(C)C(C)(C)C. The average Bonchev–Trinajstić information content (AvgIpc) is 2.49. The predicted octanol–water partition coefficient (Wildman–Crippen LogP) is 5.76. The average molecular weight is 378 g/mol. The summed E-state index contributed by atoms with van der Waals surface area (Å²) in [5.74, 6) is 0. The third-order valence-electron chi connectivity index (χ3n) is 5.40. The lowest BCUT2D eigenvalue weighted by Gasteiger charge is -2.41. The highest BCUT2D eigenvalue weighted by Gasteiger charge is 2.40. The first-order valence-electron chi connectivity index (χ1n) is 9.56. The number of aryl methyl sites for hydroxylation is 1. The standard InChI is InChI=1S/C21H35NO3Si/c1-20(2,3)25-19(23)22-17(15-24-26(7,8)21(4,5)6)14-13-16-11-9-10-12-18(16)22/h9-12,17H,13-15H2,1-8H3. The van der Waals surface area contributed by atoms with Gasteiger partial charge in [-0.1, -0.05) is 39.0 Å². The van der Waals surface area contributed by atoms with E-state index in [1.54, 1.807) is 0 Å². The monoisotopic (exact) mass is 377 g/mol. The topological polar surface area (TPSA) is 38.8 Å². The summed E-state index contributed by atoms with van der Waals surface area (Å²) < 4.78 is 12.2. The number of carbonyl (C=O) groups is 1. The molecule has 5 heteroatoms. The van der Waals surface area contributed by atoms with E-state index in [4.69, 9.17) is 9.16 Å². The minimum atomic E-state index is -1.87. The number of rotatable bonds is 3. The van der Waals surface area contributed by atoms with Gasteiger partial charge in [0.15, 0.2) is 8.32 Å². The summed E-state index contributed by atoms with van der Waals surface area (Å²) in [6, 6.07) is 8.12. The highest BCUT2D eigenvalue weighted by Crippen LogP contribution is 2.38. The Morgan fingerprint density at radius 2 is 1.77 bits per heavy atom. The molecule has 26 heavy (non-hydrogen) atoms. The van der Waals surface area contributed by atoms with Gasteiger partial charge < -0.3 is 9.16 Å². The van der Waals surface area contributed by atoms with Crippen molar-refractivity contribution < 1.29 is 14.0 Å². The summed E-state index contributed by atoms with van der Waals surface area (Å²) in [6.07, 6.45) is 1.57. The van der Waals surface area contributed by atoms with E-state index < -0.39 is 13.9 Å². The molecule has 1 aliphatic rings. The summed E-state index contributed by atoms with van der Waals surface area (Å²) in [5.41, 5.74) is 1.63. The van der Waals surface area contributed by atoms with Gasteiger partial charge in [-0.25, -0.2) is 4.79 Å². The Hall–Kier alpha value is -1.33. The molecular weight excluding hydrogens is 342 g/mol. The third kappa shape index (κ3) is 4.89. The number of hydrogen-bond donors (Lipinski definition) is 0. The molecule has 0 N–H and O–H groups in total. The molecule has 4 nitrogen and oxygen atoms in total. The van der Waals surface area contributed by atoms with Gasteiger partial charge in [0.25, 0.3) is 0 Å². The van der Waals surface area contributed by atoms with E-state index in [0.29, 0.717) is 6.61 Å². The second-order valence-electron chi connectivity index (χ2n) is 9.74. The molecule has 0 spiro atoms. The van der Waals surface area contributed by atoms with Crippen molar-refractivity contribution in [2.75, 3.05) is 11.5 Å². The maximum absolute atomic E-state index is 13.0. The molecule has 0 fully saturated rings. The van der Waals surface area contributed by atoms with Crippen molar-refractivity contribution in [3.05, 3.63) is 29.8 Å². The fourth-order valence-electron chi connectivity index (χ4n) is 2.84. The first-order chi connectivity index (χ1) is 11.8. The number of para-hydroxylation sites is 1. The zero-order valence-electron chi connectivity index (χ0n) is 17.7. The smallest absolute Gasteiger partial charge is 0.415 e. The number of benzene rings is 1. The maximum atomic E-state index is 13.0. The van der Waals surface area contributed by atoms with Crippen LogP contribution in [0.1, 0.15) is 53.5 Å². The van der Waals surface area contributed by atoms with E-state index in [2.05, 4.69) is 39.9 Å². The van der Waals surface area contributed by atoms with Crippen molar-refractivity contribution in [2.24, 2.45) is 0 Å². The molecule has 0 bridgehead atoms. The summed E-state index contributed by atoms with van der Waals surface area (Å²) in [6.45, 7) is 17.5. The number of fused-ring (bicyclic) bond motifs is 1. The molecule has 0 aliphatic carbocycles. The quantitative estimate of drug-likeness (QED) is 0.628. The van der Waals surface area contributed by atoms with Crippen LogP contribution in [0, 0.1) is 0 Å². The van der Waals surface area contributed by atoms with Crippen molar-refractivity contribution in [3.8, 4) is 0 Å². The third-order valence-corrected chi connectivity index (χ3v) is 9.90. The lowest BCUT2D eigenvalue weighted by Crippen LogP contribution is -2.51. The number of anilines is 1. The molecule has 1 aliphatic heterocycles. The molecule has 2 rings (SSSR count). The molecule has 1 unspecified atom stereocenters. The van der Waals surface area contributed by atoms with E-state index in [-0.39, 0.29) is 17.2 Å². The minimum Gasteiger partial charge on any atom is -0.443 e. The van der Waals surface area contributed by atoms with E-state index in [0.717, 1.165) is 18.5 Å². The van der Waals surface area contributed by atoms with Crippen molar-refractivity contribution in [3.63, 3.8) is 0 Å². The molecular formula is C21H35NO3Si. The lowest BCUT2D eigenvalue weighted by atomic mass is 9.96. The van der Waals surface area contributed by atoms with Gasteiger partial charge in [0.1, 0.15) is 5.60 Å². The number of amides is 1. The summed E-state index contributed by atoms with van der Waals surface area (Å²) in [5, 5.41) is 0.149. The molecule has 1 heterocycles. The van der Waals surface area contributed by atoms with Crippen LogP contribution in [0.3, 0.4) is 0 Å². The fraction of sp³-hybridized carbons (Fsp3) is 0.667. The molecule has 0 radical (unpaired) electrons. The minimum absolute atomic E-state index is 0.00822. The second-order valence-corrected chi connectivity index (χ2v) is 14.6. The number of nitrogens with zero attached hydrogens (tertiary/aromatic N) is 1. The van der Waals surface area contributed by atoms with Crippen LogP contribution in [0.2, 0.25) is 18.1 Å². The van der Waals surface area contributed by atoms with Crippen LogP contribution in [0.4, 0.5) is 10.5 Å². The Kier molecular flexibility index (Phi) is 5.93. The number of hydrogen-bond acceptors (Lipinski definition) is 3. The zero-order valence-corrected chi connectivity index (χ0v) is 18.7.